The van der Waals surface area contributed by atoms with Crippen molar-refractivity contribution in [1.82, 2.24) is 5.32 Å². The number of carbonyl (C=O) groups is 1. The summed E-state index contributed by atoms with van der Waals surface area (Å²) in [6.45, 7) is 5.96. The molecule has 3 atom stereocenters. The van der Waals surface area contributed by atoms with Crippen LogP contribution in [-0.2, 0) is 15.6 Å². The second kappa shape index (κ2) is 12.9. The molecule has 5 nitrogen and oxygen atoms in total. The van der Waals surface area contributed by atoms with Crippen LogP contribution in [0.3, 0.4) is 0 Å². The number of nitrogens with one attached hydrogen (secondary N) is 1. The number of carbonyl (C=O) groups excluding carboxylic acids is 1. The number of hydrogen-bond acceptors (Lipinski definition) is 5. The minimum atomic E-state index is -0.720. The van der Waals surface area contributed by atoms with Crippen molar-refractivity contribution in [2.45, 2.75) is 49.6 Å². The van der Waals surface area contributed by atoms with Crippen LogP contribution in [-0.4, -0.2) is 19.1 Å². The lowest BCUT2D eigenvalue weighted by Crippen LogP contribution is -2.42. The van der Waals surface area contributed by atoms with Gasteiger partial charge in [0.2, 0.25) is 0 Å². The van der Waals surface area contributed by atoms with E-state index < -0.39 is 11.4 Å². The maximum Gasteiger partial charge on any atom is 0.337 e. The van der Waals surface area contributed by atoms with Crippen LogP contribution in [0.4, 0.5) is 0 Å². The quantitative estimate of drug-likeness (QED) is 0.155. The third kappa shape index (κ3) is 7.19. The monoisotopic (exact) mass is 605 g/mol. The fourth-order valence-corrected chi connectivity index (χ4v) is 5.04. The number of methoxy groups -OCH3 is 1. The number of hydrogen-bond donors (Lipinski definition) is 1. The molecule has 1 unspecified atom stereocenters. The van der Waals surface area contributed by atoms with Crippen molar-refractivity contribution in [3.8, 4) is 12.1 Å². The Morgan fingerprint density at radius 2 is 1.65 bits per heavy atom. The molecule has 37 heavy (non-hydrogen) atoms. The van der Waals surface area contributed by atoms with Crippen LogP contribution in [0, 0.1) is 28.1 Å². The largest absolute Gasteiger partial charge is 0.465 e. The van der Waals surface area contributed by atoms with Crippen LogP contribution in [0.2, 0.25) is 0 Å². The van der Waals surface area contributed by atoms with E-state index in [0.29, 0.717) is 11.1 Å². The number of rotatable bonds is 10. The molecule has 0 aliphatic rings. The van der Waals surface area contributed by atoms with E-state index in [1.807, 2.05) is 44.2 Å². The van der Waals surface area contributed by atoms with Gasteiger partial charge < -0.3 is 10.1 Å². The molecule has 0 bridgehead atoms. The molecule has 1 N–H and O–H groups in total. The van der Waals surface area contributed by atoms with E-state index in [1.165, 1.54) is 18.2 Å². The summed E-state index contributed by atoms with van der Waals surface area (Å²) in [4.78, 5) is 11.9. The zero-order valence-electron chi connectivity index (χ0n) is 21.7. The smallest absolute Gasteiger partial charge is 0.337 e. The van der Waals surface area contributed by atoms with Crippen molar-refractivity contribution in [1.29, 1.82) is 10.5 Å². The van der Waals surface area contributed by atoms with Crippen molar-refractivity contribution in [3.05, 3.63) is 106 Å². The Bertz CT molecular complexity index is 1290. The summed E-state index contributed by atoms with van der Waals surface area (Å²) in [5.41, 5.74) is 4.87. The highest BCUT2D eigenvalue weighted by molar-refractivity contribution is 14.1. The van der Waals surface area contributed by atoms with Crippen LogP contribution < -0.4 is 5.32 Å². The number of esters is 1. The van der Waals surface area contributed by atoms with Gasteiger partial charge >= 0.3 is 5.97 Å². The highest BCUT2D eigenvalue weighted by Gasteiger charge is 2.34. The molecule has 0 spiro atoms. The number of nitrogens with zero attached hydrogens (tertiary/aromatic N) is 2. The zero-order valence-corrected chi connectivity index (χ0v) is 23.8. The molecular weight excluding hydrogens is 573 g/mol. The van der Waals surface area contributed by atoms with Gasteiger partial charge in [0.1, 0.15) is 0 Å². The predicted octanol–water partition coefficient (Wildman–Crippen LogP) is 6.88. The summed E-state index contributed by atoms with van der Waals surface area (Å²) in [7, 11) is 1.36. The molecule has 0 saturated heterocycles. The molecule has 0 saturated carbocycles. The number of alkyl halides is 1. The van der Waals surface area contributed by atoms with E-state index >= 15 is 0 Å². The molecule has 3 aromatic rings. The van der Waals surface area contributed by atoms with Gasteiger partial charge in [-0.3, -0.25) is 0 Å². The summed E-state index contributed by atoms with van der Waals surface area (Å²) in [6.07, 6.45) is 0.783. The highest BCUT2D eigenvalue weighted by atomic mass is 127. The Hall–Kier alpha value is -3.20. The van der Waals surface area contributed by atoms with Crippen molar-refractivity contribution in [2.75, 3.05) is 7.11 Å². The fraction of sp³-hybridized carbons (Fsp3) is 0.323. The lowest BCUT2D eigenvalue weighted by molar-refractivity contribution is 0.0600. The minimum absolute atomic E-state index is 0.0314. The predicted molar refractivity (Wildman–Crippen MR) is 154 cm³/mol. The first-order chi connectivity index (χ1) is 17.7. The van der Waals surface area contributed by atoms with Gasteiger partial charge in [0.05, 0.1) is 41.8 Å². The minimum Gasteiger partial charge on any atom is -0.465 e. The normalized spacial score (nSPS) is 13.6. The SMILES string of the molecule is COC(=O)c1ccc(C(N[C@@H](C)[C@@H](Cc2ccc(CI)cc2)c2cccc(C#N)c2)C(C)(C)C#N)cc1. The van der Waals surface area contributed by atoms with Crippen LogP contribution >= 0.6 is 22.6 Å². The molecule has 0 fully saturated rings. The molecule has 0 aliphatic carbocycles. The molecule has 190 valence electrons. The van der Waals surface area contributed by atoms with Gasteiger partial charge in [0.25, 0.3) is 0 Å². The van der Waals surface area contributed by atoms with Crippen molar-refractivity contribution in [2.24, 2.45) is 5.41 Å². The molecule has 0 radical (unpaired) electrons. The Morgan fingerprint density at radius 1 is 1.00 bits per heavy atom. The van der Waals surface area contributed by atoms with E-state index in [9.17, 15) is 15.3 Å². The van der Waals surface area contributed by atoms with Crippen LogP contribution in [0.5, 0.6) is 0 Å². The summed E-state index contributed by atoms with van der Waals surface area (Å²) in [5, 5.41) is 23.3. The summed E-state index contributed by atoms with van der Waals surface area (Å²) >= 11 is 2.36. The van der Waals surface area contributed by atoms with Gasteiger partial charge in [-0.2, -0.15) is 10.5 Å². The first kappa shape index (κ1) is 28.4. The van der Waals surface area contributed by atoms with Gasteiger partial charge in [0.15, 0.2) is 0 Å². The van der Waals surface area contributed by atoms with E-state index in [2.05, 4.69) is 77.3 Å². The molecule has 6 heteroatoms. The Kier molecular flexibility index (Phi) is 9.86. The average Bonchev–Trinajstić information content (AvgIpc) is 2.94. The van der Waals surface area contributed by atoms with E-state index in [4.69, 9.17) is 4.74 Å². The zero-order chi connectivity index (χ0) is 27.0. The molecule has 0 aromatic heterocycles. The molecule has 3 aromatic carbocycles. The second-order valence-corrected chi connectivity index (χ2v) is 10.6. The highest BCUT2D eigenvalue weighted by Crippen LogP contribution is 2.36. The number of benzene rings is 3. The van der Waals surface area contributed by atoms with Crippen molar-refractivity contribution < 1.29 is 9.53 Å². The Labute approximate surface area is 233 Å². The maximum absolute atomic E-state index is 11.9. The third-order valence-corrected chi connectivity index (χ3v) is 7.67. The van der Waals surface area contributed by atoms with E-state index in [-0.39, 0.29) is 18.0 Å². The fourth-order valence-electron chi connectivity index (χ4n) is 4.53. The van der Waals surface area contributed by atoms with Crippen LogP contribution in [0.1, 0.15) is 70.9 Å². The van der Waals surface area contributed by atoms with Crippen molar-refractivity contribution in [3.63, 3.8) is 0 Å². The van der Waals surface area contributed by atoms with Gasteiger partial charge in [-0.1, -0.05) is 71.1 Å². The number of nitriles is 2. The first-order valence-electron chi connectivity index (χ1n) is 12.2. The van der Waals surface area contributed by atoms with Gasteiger partial charge in [-0.05, 0) is 73.7 Å². The first-order valence-corrected chi connectivity index (χ1v) is 13.7. The molecule has 0 heterocycles. The second-order valence-electron chi connectivity index (χ2n) is 9.83. The van der Waals surface area contributed by atoms with Crippen LogP contribution in [0.25, 0.3) is 0 Å². The van der Waals surface area contributed by atoms with Crippen molar-refractivity contribution >= 4 is 28.6 Å². The van der Waals surface area contributed by atoms with E-state index in [1.54, 1.807) is 12.1 Å². The van der Waals surface area contributed by atoms with E-state index in [0.717, 1.165) is 22.0 Å². The molecule has 0 aliphatic heterocycles. The standard InChI is InChI=1S/C31H32IN3O2/c1-21(35-29(31(2,3)20-34)25-12-14-26(15-13-25)30(36)37-4)28(27-7-5-6-24(16-27)19-33)17-22-8-10-23(18-32)11-9-22/h5-16,21,28-29,35H,17-18H2,1-4H3/t21-,28+,29?/m0/s1. The molecule has 0 amide bonds. The number of ether oxygens (including phenoxy) is 1. The van der Waals surface area contributed by atoms with Crippen LogP contribution in [0.15, 0.2) is 72.8 Å². The lowest BCUT2D eigenvalue weighted by atomic mass is 9.79. The Balaban J connectivity index is 1.98. The van der Waals surface area contributed by atoms with Gasteiger partial charge in [-0.15, -0.1) is 0 Å². The van der Waals surface area contributed by atoms with Gasteiger partial charge in [0, 0.05) is 16.4 Å². The Morgan fingerprint density at radius 3 is 2.22 bits per heavy atom. The lowest BCUT2D eigenvalue weighted by Gasteiger charge is -2.36. The third-order valence-electron chi connectivity index (χ3n) is 6.78. The summed E-state index contributed by atoms with van der Waals surface area (Å²) in [6, 6.07) is 28.0. The molecule has 3 rings (SSSR count). The van der Waals surface area contributed by atoms with Gasteiger partial charge in [-0.25, -0.2) is 4.79 Å². The average molecular weight is 606 g/mol. The molecular formula is C31H32IN3O2. The maximum atomic E-state index is 11.9. The summed E-state index contributed by atoms with van der Waals surface area (Å²) in [5.74, 6) is -0.333. The topological polar surface area (TPSA) is 85.9 Å². The summed E-state index contributed by atoms with van der Waals surface area (Å²) < 4.78 is 5.79. The number of halogens is 1.